The molecule has 0 amide bonds. The number of anilines is 2. The Morgan fingerprint density at radius 3 is 2.74 bits per heavy atom. The Balaban J connectivity index is 1.41. The Bertz CT molecular complexity index is 1130. The number of aryl methyl sites for hydroxylation is 1. The lowest BCUT2D eigenvalue weighted by atomic mass is 9.73. The van der Waals surface area contributed by atoms with Crippen LogP contribution >= 0.6 is 23.4 Å². The average Bonchev–Trinajstić information content (AvgIpc) is 3.35. The predicted octanol–water partition coefficient (Wildman–Crippen LogP) is 3.15. The van der Waals surface area contributed by atoms with Crippen molar-refractivity contribution in [2.45, 2.75) is 48.6 Å². The Kier molecular flexibility index (Phi) is 5.24. The number of nitrogens with zero attached hydrogens (tertiary/aromatic N) is 5. The molecule has 2 aliphatic heterocycles. The minimum Gasteiger partial charge on any atom is -0.384 e. The maximum Gasteiger partial charge on any atom is 0.211 e. The fourth-order valence-corrected chi connectivity index (χ4v) is 5.87. The zero-order valence-electron chi connectivity index (χ0n) is 17.6. The highest BCUT2D eigenvalue weighted by Crippen LogP contribution is 2.42. The molecule has 2 fully saturated rings. The van der Waals surface area contributed by atoms with Crippen LogP contribution in [0.4, 0.5) is 11.8 Å². The molecule has 8 nitrogen and oxygen atoms in total. The normalized spacial score (nSPS) is 23.2. The third kappa shape index (κ3) is 3.53. The SMILES string of the molecule is Cc1nc(N)cc(Sc2cnc(N3CCC4(CC3)CO[C@@H](C)[C@H]4N)n3ccnc23)c1Cl. The van der Waals surface area contributed by atoms with Crippen LogP contribution in [0.25, 0.3) is 5.65 Å². The summed E-state index contributed by atoms with van der Waals surface area (Å²) in [5.41, 5.74) is 14.0. The van der Waals surface area contributed by atoms with Crippen molar-refractivity contribution in [1.82, 2.24) is 19.4 Å². The molecule has 10 heteroatoms. The summed E-state index contributed by atoms with van der Waals surface area (Å²) < 4.78 is 7.90. The van der Waals surface area contributed by atoms with Gasteiger partial charge in [-0.05, 0) is 32.8 Å². The minimum atomic E-state index is 0.0790. The van der Waals surface area contributed by atoms with E-state index in [1.165, 1.54) is 11.8 Å². The number of hydrogen-bond donors (Lipinski definition) is 2. The third-order valence-electron chi connectivity index (χ3n) is 6.59. The number of nitrogens with two attached hydrogens (primary N) is 2. The molecule has 5 rings (SSSR count). The van der Waals surface area contributed by atoms with Crippen LogP contribution in [0.15, 0.2) is 34.4 Å². The summed E-state index contributed by atoms with van der Waals surface area (Å²) in [6.07, 6.45) is 7.73. The largest absolute Gasteiger partial charge is 0.384 e. The molecule has 0 unspecified atom stereocenters. The van der Waals surface area contributed by atoms with E-state index in [4.69, 9.17) is 32.8 Å². The quantitative estimate of drug-likeness (QED) is 0.615. The Morgan fingerprint density at radius 1 is 1.26 bits per heavy atom. The monoisotopic (exact) mass is 459 g/mol. The van der Waals surface area contributed by atoms with E-state index < -0.39 is 0 Å². The van der Waals surface area contributed by atoms with Gasteiger partial charge in [0, 0.05) is 48.0 Å². The molecule has 3 aromatic heterocycles. The molecule has 1 spiro atoms. The van der Waals surface area contributed by atoms with Crippen LogP contribution in [0.3, 0.4) is 0 Å². The summed E-state index contributed by atoms with van der Waals surface area (Å²) in [5.74, 6) is 1.34. The molecule has 0 radical (unpaired) electrons. The molecule has 0 aromatic carbocycles. The number of halogens is 1. The van der Waals surface area contributed by atoms with Gasteiger partial charge in [-0.2, -0.15) is 0 Å². The van der Waals surface area contributed by atoms with Crippen molar-refractivity contribution in [1.29, 1.82) is 0 Å². The van der Waals surface area contributed by atoms with E-state index in [0.29, 0.717) is 16.5 Å². The molecule has 31 heavy (non-hydrogen) atoms. The van der Waals surface area contributed by atoms with Crippen molar-refractivity contribution in [3.63, 3.8) is 0 Å². The molecule has 2 saturated heterocycles. The second kappa shape index (κ2) is 7.81. The molecule has 164 valence electrons. The highest BCUT2D eigenvalue weighted by Gasteiger charge is 2.47. The van der Waals surface area contributed by atoms with Gasteiger partial charge >= 0.3 is 0 Å². The van der Waals surface area contributed by atoms with Gasteiger partial charge in [0.1, 0.15) is 5.82 Å². The van der Waals surface area contributed by atoms with Gasteiger partial charge in [0.05, 0.1) is 28.3 Å². The van der Waals surface area contributed by atoms with Gasteiger partial charge in [0.25, 0.3) is 0 Å². The van der Waals surface area contributed by atoms with Gasteiger partial charge in [-0.15, -0.1) is 0 Å². The number of pyridine rings is 1. The number of aromatic nitrogens is 4. The van der Waals surface area contributed by atoms with Crippen LogP contribution in [0, 0.1) is 12.3 Å². The summed E-state index contributed by atoms with van der Waals surface area (Å²) in [6.45, 7) is 6.45. The molecule has 0 aliphatic carbocycles. The first-order valence-electron chi connectivity index (χ1n) is 10.4. The lowest BCUT2D eigenvalue weighted by Gasteiger charge is -2.41. The number of ether oxygens (including phenoxy) is 1. The summed E-state index contributed by atoms with van der Waals surface area (Å²) in [4.78, 5) is 17.7. The first-order chi connectivity index (χ1) is 14.9. The van der Waals surface area contributed by atoms with Crippen LogP contribution in [-0.2, 0) is 4.74 Å². The fraction of sp³-hybridized carbons (Fsp3) is 0.476. The van der Waals surface area contributed by atoms with Crippen molar-refractivity contribution in [2.75, 3.05) is 30.3 Å². The number of nitrogen functional groups attached to an aromatic ring is 1. The Labute approximate surface area is 190 Å². The first-order valence-corrected chi connectivity index (χ1v) is 11.6. The molecular weight excluding hydrogens is 434 g/mol. The maximum absolute atomic E-state index is 6.47. The van der Waals surface area contributed by atoms with Crippen LogP contribution < -0.4 is 16.4 Å². The third-order valence-corrected chi connectivity index (χ3v) is 8.23. The molecule has 5 heterocycles. The van der Waals surface area contributed by atoms with Gasteiger partial charge in [-0.3, -0.25) is 4.40 Å². The minimum absolute atomic E-state index is 0.0790. The van der Waals surface area contributed by atoms with E-state index in [2.05, 4.69) is 21.8 Å². The van der Waals surface area contributed by atoms with E-state index >= 15 is 0 Å². The fourth-order valence-electron chi connectivity index (χ4n) is 4.66. The van der Waals surface area contributed by atoms with Crippen molar-refractivity contribution in [3.8, 4) is 0 Å². The summed E-state index contributed by atoms with van der Waals surface area (Å²) in [6, 6.07) is 1.88. The molecule has 0 saturated carbocycles. The van der Waals surface area contributed by atoms with Crippen molar-refractivity contribution >= 4 is 40.8 Å². The second-order valence-corrected chi connectivity index (χ2v) is 9.94. The van der Waals surface area contributed by atoms with Gasteiger partial charge in [0.2, 0.25) is 5.95 Å². The van der Waals surface area contributed by atoms with Crippen LogP contribution in [-0.4, -0.2) is 51.2 Å². The van der Waals surface area contributed by atoms with Crippen LogP contribution in [0.2, 0.25) is 5.02 Å². The Hall–Kier alpha value is -2.07. The topological polar surface area (TPSA) is 108 Å². The van der Waals surface area contributed by atoms with E-state index in [-0.39, 0.29) is 17.6 Å². The van der Waals surface area contributed by atoms with E-state index in [0.717, 1.165) is 53.9 Å². The molecule has 2 atom stereocenters. The van der Waals surface area contributed by atoms with Gasteiger partial charge in [-0.1, -0.05) is 23.4 Å². The van der Waals surface area contributed by atoms with Gasteiger partial charge in [-0.25, -0.2) is 15.0 Å². The standard InChI is InChI=1S/C21H26ClN7OS/c1-12-17(22)14(9-16(23)27-12)31-15-10-26-20(29-8-5-25-19(15)29)28-6-3-21(4-7-28)11-30-13(2)18(21)24/h5,8-10,13,18H,3-4,6-7,11,24H2,1-2H3,(H2,23,27)/t13-,18+/m0/s1. The van der Waals surface area contributed by atoms with E-state index in [9.17, 15) is 0 Å². The average molecular weight is 460 g/mol. The summed E-state index contributed by atoms with van der Waals surface area (Å²) in [7, 11) is 0. The van der Waals surface area contributed by atoms with E-state index in [1.807, 2.05) is 23.7 Å². The van der Waals surface area contributed by atoms with Crippen molar-refractivity contribution in [3.05, 3.63) is 35.4 Å². The molecule has 0 bridgehead atoms. The number of rotatable bonds is 3. The lowest BCUT2D eigenvalue weighted by molar-refractivity contribution is 0.0973. The first kappa shape index (κ1) is 20.8. The summed E-state index contributed by atoms with van der Waals surface area (Å²) in [5, 5.41) is 0.596. The van der Waals surface area contributed by atoms with E-state index in [1.54, 1.807) is 12.3 Å². The highest BCUT2D eigenvalue weighted by molar-refractivity contribution is 7.99. The van der Waals surface area contributed by atoms with Gasteiger partial charge < -0.3 is 21.1 Å². The van der Waals surface area contributed by atoms with Crippen LogP contribution in [0.1, 0.15) is 25.5 Å². The van der Waals surface area contributed by atoms with Crippen molar-refractivity contribution in [2.24, 2.45) is 11.1 Å². The zero-order chi connectivity index (χ0) is 21.8. The molecule has 4 N–H and O–H groups in total. The Morgan fingerprint density at radius 2 is 2.03 bits per heavy atom. The number of fused-ring (bicyclic) bond motifs is 1. The van der Waals surface area contributed by atoms with Crippen molar-refractivity contribution < 1.29 is 4.74 Å². The molecule has 3 aromatic rings. The predicted molar refractivity (Wildman–Crippen MR) is 123 cm³/mol. The summed E-state index contributed by atoms with van der Waals surface area (Å²) >= 11 is 7.96. The second-order valence-electron chi connectivity index (χ2n) is 8.48. The maximum atomic E-state index is 6.47. The van der Waals surface area contributed by atoms with Crippen LogP contribution in [0.5, 0.6) is 0 Å². The number of piperidine rings is 1. The molecule has 2 aliphatic rings. The number of imidazole rings is 1. The smallest absolute Gasteiger partial charge is 0.211 e. The molecular formula is C21H26ClN7OS. The van der Waals surface area contributed by atoms with Gasteiger partial charge in [0.15, 0.2) is 5.65 Å². The zero-order valence-corrected chi connectivity index (χ0v) is 19.2. The highest BCUT2D eigenvalue weighted by atomic mass is 35.5. The number of hydrogen-bond acceptors (Lipinski definition) is 8. The lowest BCUT2D eigenvalue weighted by Crippen LogP contribution is -2.51.